The Labute approximate surface area is 118 Å². The van der Waals surface area contributed by atoms with E-state index in [-0.39, 0.29) is 22.4 Å². The van der Waals surface area contributed by atoms with Crippen LogP contribution in [0.15, 0.2) is 42.5 Å². The standard InChI is InChI=1S/C15H9FN2O3/c16-9-6-4-8(5-7-9)13(19)17-11-3-1-2-10-12(11)15(21)18-14(10)20/h1-7H,(H,17,19)(H,18,20,21). The van der Waals surface area contributed by atoms with Gasteiger partial charge in [0.2, 0.25) is 0 Å². The van der Waals surface area contributed by atoms with Gasteiger partial charge in [-0.3, -0.25) is 19.7 Å². The molecule has 0 atom stereocenters. The number of hydrogen-bond donors (Lipinski definition) is 2. The molecule has 0 saturated heterocycles. The first-order valence-electron chi connectivity index (χ1n) is 6.12. The number of carbonyl (C=O) groups is 3. The van der Waals surface area contributed by atoms with Crippen LogP contribution in [0.3, 0.4) is 0 Å². The summed E-state index contributed by atoms with van der Waals surface area (Å²) in [6, 6.07) is 9.60. The third-order valence-corrected chi connectivity index (χ3v) is 3.12. The topological polar surface area (TPSA) is 75.3 Å². The molecule has 1 heterocycles. The zero-order valence-electron chi connectivity index (χ0n) is 10.6. The fraction of sp³-hybridized carbons (Fsp3) is 0. The van der Waals surface area contributed by atoms with Gasteiger partial charge in [-0.15, -0.1) is 0 Å². The molecule has 0 unspecified atom stereocenters. The molecule has 6 heteroatoms. The van der Waals surface area contributed by atoms with E-state index in [4.69, 9.17) is 0 Å². The molecule has 2 N–H and O–H groups in total. The number of hydrogen-bond acceptors (Lipinski definition) is 3. The molecular formula is C15H9FN2O3. The number of rotatable bonds is 2. The van der Waals surface area contributed by atoms with Gasteiger partial charge in [0, 0.05) is 5.56 Å². The van der Waals surface area contributed by atoms with Gasteiger partial charge in [-0.05, 0) is 36.4 Å². The Balaban J connectivity index is 1.93. The lowest BCUT2D eigenvalue weighted by molar-refractivity contribution is 0.0879. The number of imide groups is 1. The normalized spacial score (nSPS) is 12.8. The third kappa shape index (κ3) is 2.27. The lowest BCUT2D eigenvalue weighted by Crippen LogP contribution is -2.20. The molecule has 5 nitrogen and oxygen atoms in total. The van der Waals surface area contributed by atoms with Gasteiger partial charge in [0.15, 0.2) is 0 Å². The molecule has 0 spiro atoms. The van der Waals surface area contributed by atoms with Gasteiger partial charge >= 0.3 is 0 Å². The Kier molecular flexibility index (Phi) is 2.98. The van der Waals surface area contributed by atoms with E-state index in [9.17, 15) is 18.8 Å². The van der Waals surface area contributed by atoms with Crippen LogP contribution in [-0.2, 0) is 0 Å². The van der Waals surface area contributed by atoms with Crippen molar-refractivity contribution in [1.29, 1.82) is 0 Å². The summed E-state index contributed by atoms with van der Waals surface area (Å²) in [5, 5.41) is 4.72. The van der Waals surface area contributed by atoms with Gasteiger partial charge in [-0.1, -0.05) is 6.07 Å². The fourth-order valence-corrected chi connectivity index (χ4v) is 2.12. The zero-order valence-corrected chi connectivity index (χ0v) is 10.6. The number of nitrogens with one attached hydrogen (secondary N) is 2. The Bertz CT molecular complexity index is 769. The molecule has 0 aliphatic carbocycles. The summed E-state index contributed by atoms with van der Waals surface area (Å²) in [6.07, 6.45) is 0. The van der Waals surface area contributed by atoms with Gasteiger partial charge in [-0.2, -0.15) is 0 Å². The van der Waals surface area contributed by atoms with Crippen molar-refractivity contribution in [2.75, 3.05) is 5.32 Å². The second kappa shape index (κ2) is 4.82. The van der Waals surface area contributed by atoms with Crippen LogP contribution < -0.4 is 10.6 Å². The number of amides is 3. The van der Waals surface area contributed by atoms with E-state index in [1.54, 1.807) is 6.07 Å². The quantitative estimate of drug-likeness (QED) is 0.828. The minimum atomic E-state index is -0.551. The van der Waals surface area contributed by atoms with Crippen LogP contribution in [0, 0.1) is 5.82 Å². The van der Waals surface area contributed by atoms with Crippen molar-refractivity contribution in [2.24, 2.45) is 0 Å². The highest BCUT2D eigenvalue weighted by Crippen LogP contribution is 2.24. The van der Waals surface area contributed by atoms with Crippen LogP contribution in [0.1, 0.15) is 31.1 Å². The van der Waals surface area contributed by atoms with Gasteiger partial charge in [-0.25, -0.2) is 4.39 Å². The average Bonchev–Trinajstić information content (AvgIpc) is 2.76. The Morgan fingerprint density at radius 1 is 1.00 bits per heavy atom. The number of carbonyl (C=O) groups excluding carboxylic acids is 3. The molecule has 104 valence electrons. The molecule has 3 amide bonds. The maximum Gasteiger partial charge on any atom is 0.261 e. The minimum absolute atomic E-state index is 0.137. The maximum atomic E-state index is 12.8. The zero-order chi connectivity index (χ0) is 15.0. The highest BCUT2D eigenvalue weighted by molar-refractivity contribution is 6.25. The maximum absolute atomic E-state index is 12.8. The van der Waals surface area contributed by atoms with Crippen LogP contribution in [-0.4, -0.2) is 17.7 Å². The second-order valence-corrected chi connectivity index (χ2v) is 4.47. The van der Waals surface area contributed by atoms with Crippen LogP contribution >= 0.6 is 0 Å². The summed E-state index contributed by atoms with van der Waals surface area (Å²) in [5.41, 5.74) is 0.846. The van der Waals surface area contributed by atoms with Crippen molar-refractivity contribution in [3.8, 4) is 0 Å². The number of halogens is 1. The summed E-state index contributed by atoms with van der Waals surface area (Å²) in [5.74, 6) is -1.98. The van der Waals surface area contributed by atoms with Gasteiger partial charge in [0.05, 0.1) is 16.8 Å². The second-order valence-electron chi connectivity index (χ2n) is 4.47. The van der Waals surface area contributed by atoms with E-state index in [0.29, 0.717) is 0 Å². The van der Waals surface area contributed by atoms with Crippen molar-refractivity contribution in [3.63, 3.8) is 0 Å². The smallest absolute Gasteiger partial charge is 0.261 e. The monoisotopic (exact) mass is 284 g/mol. The average molecular weight is 284 g/mol. The predicted octanol–water partition coefficient (Wildman–Crippen LogP) is 1.96. The fourth-order valence-electron chi connectivity index (χ4n) is 2.12. The summed E-state index contributed by atoms with van der Waals surface area (Å²) in [6.45, 7) is 0. The van der Waals surface area contributed by atoms with Gasteiger partial charge in [0.1, 0.15) is 5.82 Å². The predicted molar refractivity (Wildman–Crippen MR) is 72.6 cm³/mol. The summed E-state index contributed by atoms with van der Waals surface area (Å²) in [7, 11) is 0. The largest absolute Gasteiger partial charge is 0.321 e. The van der Waals surface area contributed by atoms with Crippen molar-refractivity contribution in [1.82, 2.24) is 5.32 Å². The lowest BCUT2D eigenvalue weighted by Gasteiger charge is -2.08. The Morgan fingerprint density at radius 3 is 2.43 bits per heavy atom. The Hall–Kier alpha value is -3.02. The minimum Gasteiger partial charge on any atom is -0.321 e. The lowest BCUT2D eigenvalue weighted by atomic mass is 10.1. The van der Waals surface area contributed by atoms with E-state index >= 15 is 0 Å². The highest BCUT2D eigenvalue weighted by Gasteiger charge is 2.29. The molecule has 0 fully saturated rings. The van der Waals surface area contributed by atoms with E-state index in [2.05, 4.69) is 10.6 Å². The molecule has 21 heavy (non-hydrogen) atoms. The molecule has 0 aromatic heterocycles. The SMILES string of the molecule is O=C(Nc1cccc2c1C(=O)NC2=O)c1ccc(F)cc1. The van der Waals surface area contributed by atoms with Crippen molar-refractivity contribution in [3.05, 3.63) is 65.0 Å². The van der Waals surface area contributed by atoms with Crippen molar-refractivity contribution < 1.29 is 18.8 Å². The van der Waals surface area contributed by atoms with Crippen LogP contribution in [0.2, 0.25) is 0 Å². The highest BCUT2D eigenvalue weighted by atomic mass is 19.1. The molecule has 0 radical (unpaired) electrons. The molecule has 1 aliphatic rings. The summed E-state index contributed by atoms with van der Waals surface area (Å²) < 4.78 is 12.8. The molecule has 0 saturated carbocycles. The molecule has 1 aliphatic heterocycles. The van der Waals surface area contributed by atoms with E-state index in [1.807, 2.05) is 0 Å². The third-order valence-electron chi connectivity index (χ3n) is 3.12. The first-order valence-corrected chi connectivity index (χ1v) is 6.12. The first kappa shape index (κ1) is 13.0. The number of fused-ring (bicyclic) bond motifs is 1. The van der Waals surface area contributed by atoms with Crippen LogP contribution in [0.5, 0.6) is 0 Å². The van der Waals surface area contributed by atoms with Gasteiger partial charge < -0.3 is 5.32 Å². The molecule has 3 rings (SSSR count). The molecule has 2 aromatic rings. The molecule has 0 bridgehead atoms. The van der Waals surface area contributed by atoms with E-state index in [1.165, 1.54) is 36.4 Å². The van der Waals surface area contributed by atoms with E-state index < -0.39 is 23.5 Å². The number of anilines is 1. The van der Waals surface area contributed by atoms with E-state index in [0.717, 1.165) is 0 Å². The van der Waals surface area contributed by atoms with Crippen molar-refractivity contribution in [2.45, 2.75) is 0 Å². The van der Waals surface area contributed by atoms with Gasteiger partial charge in [0.25, 0.3) is 17.7 Å². The Morgan fingerprint density at radius 2 is 1.71 bits per heavy atom. The molecular weight excluding hydrogens is 275 g/mol. The first-order chi connectivity index (χ1) is 10.1. The molecule has 2 aromatic carbocycles. The van der Waals surface area contributed by atoms with Crippen molar-refractivity contribution >= 4 is 23.4 Å². The van der Waals surface area contributed by atoms with Crippen LogP contribution in [0.4, 0.5) is 10.1 Å². The summed E-state index contributed by atoms with van der Waals surface area (Å²) in [4.78, 5) is 35.3. The summed E-state index contributed by atoms with van der Waals surface area (Å²) >= 11 is 0. The number of benzene rings is 2. The van der Waals surface area contributed by atoms with Crippen LogP contribution in [0.25, 0.3) is 0 Å².